The van der Waals surface area contributed by atoms with Gasteiger partial charge in [0.25, 0.3) is 10.1 Å². The lowest BCUT2D eigenvalue weighted by Crippen LogP contribution is -2.46. The lowest BCUT2D eigenvalue weighted by Gasteiger charge is -2.21. The van der Waals surface area contributed by atoms with Crippen molar-refractivity contribution in [1.29, 1.82) is 0 Å². The first-order chi connectivity index (χ1) is 23.8. The predicted octanol–water partition coefficient (Wildman–Crippen LogP) is 11.5. The molecule has 6 nitrogen and oxygen atoms in total. The van der Waals surface area contributed by atoms with Crippen LogP contribution < -0.4 is 5.32 Å². The molecule has 0 aromatic rings. The molecule has 0 bridgehead atoms. The molecule has 49 heavy (non-hydrogen) atoms. The minimum absolute atomic E-state index is 0.266. The van der Waals surface area contributed by atoms with Crippen molar-refractivity contribution in [2.24, 2.45) is 0 Å². The highest BCUT2D eigenvalue weighted by Crippen LogP contribution is 2.11. The third-order valence-corrected chi connectivity index (χ3v) is 9.11. The zero-order valence-electron chi connectivity index (χ0n) is 31.3. The number of aliphatic hydroxyl groups excluding tert-OH is 1. The van der Waals surface area contributed by atoms with E-state index in [1.807, 2.05) is 0 Å². The summed E-state index contributed by atoms with van der Waals surface area (Å²) in [6.07, 6.45) is 50.2. The van der Waals surface area contributed by atoms with Crippen molar-refractivity contribution < 1.29 is 22.9 Å². The Hall–Kier alpha value is -2.22. The van der Waals surface area contributed by atoms with E-state index in [0.29, 0.717) is 12.8 Å². The quantitative estimate of drug-likeness (QED) is 0.0351. The molecule has 0 fully saturated rings. The Morgan fingerprint density at radius 2 is 0.939 bits per heavy atom. The lowest BCUT2D eigenvalue weighted by atomic mass is 10.1. The fourth-order valence-corrected chi connectivity index (χ4v) is 6.10. The molecule has 0 aliphatic rings. The van der Waals surface area contributed by atoms with Gasteiger partial charge >= 0.3 is 0 Å². The highest BCUT2D eigenvalue weighted by molar-refractivity contribution is 7.85. The van der Waals surface area contributed by atoms with Crippen molar-refractivity contribution >= 4 is 16.0 Å². The number of amides is 1. The molecule has 2 unspecified atom stereocenters. The fourth-order valence-electron chi connectivity index (χ4n) is 5.37. The number of unbranched alkanes of at least 4 members (excludes halogenated alkanes) is 16. The van der Waals surface area contributed by atoms with Crippen molar-refractivity contribution in [1.82, 2.24) is 5.32 Å². The van der Waals surface area contributed by atoms with Crippen LogP contribution in [0.1, 0.15) is 168 Å². The summed E-state index contributed by atoms with van der Waals surface area (Å²) in [7, 11) is -4.36. The molecule has 0 spiro atoms. The second kappa shape index (κ2) is 35.6. The van der Waals surface area contributed by atoms with Gasteiger partial charge in [0.1, 0.15) is 0 Å². The van der Waals surface area contributed by atoms with Crippen LogP contribution in [0.25, 0.3) is 0 Å². The van der Waals surface area contributed by atoms with Gasteiger partial charge in [-0.05, 0) is 83.5 Å². The van der Waals surface area contributed by atoms with E-state index in [1.54, 1.807) is 6.08 Å². The summed E-state index contributed by atoms with van der Waals surface area (Å²) in [6, 6.07) is -1.09. The number of allylic oxidation sites excluding steroid dienone is 11. The maximum Gasteiger partial charge on any atom is 0.267 e. The third kappa shape index (κ3) is 36.9. The van der Waals surface area contributed by atoms with Crippen LogP contribution in [0, 0.1) is 0 Å². The van der Waals surface area contributed by atoms with Crippen LogP contribution in [0.5, 0.6) is 0 Å². The molecule has 0 aromatic carbocycles. The summed E-state index contributed by atoms with van der Waals surface area (Å²) >= 11 is 0. The van der Waals surface area contributed by atoms with Gasteiger partial charge in [-0.3, -0.25) is 9.35 Å². The van der Waals surface area contributed by atoms with Gasteiger partial charge in [-0.25, -0.2) is 0 Å². The summed E-state index contributed by atoms with van der Waals surface area (Å²) in [5.41, 5.74) is 0. The highest BCUT2D eigenvalue weighted by Gasteiger charge is 2.24. The zero-order valence-corrected chi connectivity index (χ0v) is 32.1. The minimum Gasteiger partial charge on any atom is -0.387 e. The Morgan fingerprint density at radius 1 is 0.551 bits per heavy atom. The summed E-state index contributed by atoms with van der Waals surface area (Å²) < 4.78 is 32.4. The van der Waals surface area contributed by atoms with E-state index < -0.39 is 28.0 Å². The Bertz CT molecular complexity index is 1040. The van der Waals surface area contributed by atoms with Crippen molar-refractivity contribution in [3.63, 3.8) is 0 Å². The summed E-state index contributed by atoms with van der Waals surface area (Å²) in [5, 5.41) is 13.2. The number of aliphatic hydroxyl groups is 1. The van der Waals surface area contributed by atoms with E-state index in [1.165, 1.54) is 63.9 Å². The summed E-state index contributed by atoms with van der Waals surface area (Å²) in [5.74, 6) is -1.03. The molecule has 0 aliphatic carbocycles. The molecule has 1 amide bonds. The van der Waals surface area contributed by atoms with Crippen LogP contribution in [-0.4, -0.2) is 41.9 Å². The van der Waals surface area contributed by atoms with Crippen LogP contribution in [0.4, 0.5) is 0 Å². The number of carbonyl (C=O) groups is 1. The number of carbonyl (C=O) groups excluding carboxylic acids is 1. The third-order valence-electron chi connectivity index (χ3n) is 8.33. The highest BCUT2D eigenvalue weighted by atomic mass is 32.2. The van der Waals surface area contributed by atoms with E-state index in [-0.39, 0.29) is 12.3 Å². The fraction of sp³-hybridized carbons (Fsp3) is 0.690. The molecule has 7 heteroatoms. The Balaban J connectivity index is 4.07. The molecule has 0 saturated heterocycles. The first-order valence-corrected chi connectivity index (χ1v) is 21.2. The molecule has 2 atom stereocenters. The second-order valence-electron chi connectivity index (χ2n) is 13.2. The molecule has 0 rings (SSSR count). The SMILES string of the molecule is CCCCC/C=C\C/C=C\C/C=C\CCCCCCCCC(=O)NC(CS(=O)(=O)O)C(O)/C=C/CC/C=C/CC/C=C/CCCCCCC. The molecule has 282 valence electrons. The van der Waals surface area contributed by atoms with Crippen molar-refractivity contribution in [3.8, 4) is 0 Å². The first-order valence-electron chi connectivity index (χ1n) is 19.6. The van der Waals surface area contributed by atoms with Crippen LogP contribution >= 0.6 is 0 Å². The monoisotopic (exact) mass is 704 g/mol. The van der Waals surface area contributed by atoms with Crippen molar-refractivity contribution in [3.05, 3.63) is 72.9 Å². The smallest absolute Gasteiger partial charge is 0.267 e. The number of hydrogen-bond donors (Lipinski definition) is 3. The van der Waals surface area contributed by atoms with Crippen LogP contribution in [-0.2, 0) is 14.9 Å². The van der Waals surface area contributed by atoms with Crippen LogP contribution in [0.3, 0.4) is 0 Å². The van der Waals surface area contributed by atoms with E-state index in [2.05, 4.69) is 79.9 Å². The van der Waals surface area contributed by atoms with Gasteiger partial charge in [0.15, 0.2) is 0 Å². The number of rotatable bonds is 34. The number of hydrogen-bond acceptors (Lipinski definition) is 4. The zero-order chi connectivity index (χ0) is 36.1. The summed E-state index contributed by atoms with van der Waals surface area (Å²) in [6.45, 7) is 4.47. The summed E-state index contributed by atoms with van der Waals surface area (Å²) in [4.78, 5) is 12.5. The van der Waals surface area contributed by atoms with Crippen LogP contribution in [0.15, 0.2) is 72.9 Å². The average molecular weight is 704 g/mol. The van der Waals surface area contributed by atoms with Gasteiger partial charge in [0.05, 0.1) is 17.9 Å². The van der Waals surface area contributed by atoms with E-state index >= 15 is 0 Å². The normalized spacial score (nSPS) is 14.1. The average Bonchev–Trinajstić information content (AvgIpc) is 3.06. The molecule has 3 N–H and O–H groups in total. The Labute approximate surface area is 302 Å². The van der Waals surface area contributed by atoms with E-state index in [9.17, 15) is 22.9 Å². The van der Waals surface area contributed by atoms with Gasteiger partial charge in [-0.15, -0.1) is 0 Å². The predicted molar refractivity (Wildman–Crippen MR) is 211 cm³/mol. The maximum atomic E-state index is 12.5. The standard InChI is InChI=1S/C42H73NO5S/c1-3-5-7-9-11-13-15-17-19-20-21-22-24-26-28-30-32-34-36-38-42(45)43-40(39-49(46,47)48)41(44)37-35-33-31-29-27-25-23-18-16-14-12-10-8-6-4-2/h11,13,16-19,21-22,27,29,35,37,40-41,44H,3-10,12,14-15,20,23-26,28,30-34,36,38-39H2,1-2H3,(H,43,45)(H,46,47,48)/b13-11-,18-16+,19-17-,22-21-,29-27+,37-35+. The number of nitrogens with one attached hydrogen (secondary N) is 1. The Kier molecular flexibility index (Phi) is 34.0. The van der Waals surface area contributed by atoms with Crippen molar-refractivity contribution in [2.75, 3.05) is 5.75 Å². The molecular formula is C42H73NO5S. The molecular weight excluding hydrogens is 631 g/mol. The molecule has 0 aliphatic heterocycles. The second-order valence-corrected chi connectivity index (χ2v) is 14.7. The van der Waals surface area contributed by atoms with Gasteiger partial charge in [-0.2, -0.15) is 8.42 Å². The van der Waals surface area contributed by atoms with Crippen molar-refractivity contribution in [2.45, 2.75) is 180 Å². The molecule has 0 aromatic heterocycles. The van der Waals surface area contributed by atoms with Gasteiger partial charge in [0.2, 0.25) is 5.91 Å². The maximum absolute atomic E-state index is 12.5. The minimum atomic E-state index is -4.36. The molecule has 0 saturated carbocycles. The van der Waals surface area contributed by atoms with Crippen LogP contribution in [0.2, 0.25) is 0 Å². The van der Waals surface area contributed by atoms with E-state index in [0.717, 1.165) is 77.0 Å². The first kappa shape index (κ1) is 46.8. The van der Waals surface area contributed by atoms with E-state index in [4.69, 9.17) is 0 Å². The Morgan fingerprint density at radius 3 is 1.47 bits per heavy atom. The van der Waals surface area contributed by atoms with Gasteiger partial charge in [-0.1, -0.05) is 151 Å². The van der Waals surface area contributed by atoms with Gasteiger partial charge in [0, 0.05) is 6.42 Å². The molecule has 0 heterocycles. The molecule has 0 radical (unpaired) electrons. The largest absolute Gasteiger partial charge is 0.387 e. The van der Waals surface area contributed by atoms with Gasteiger partial charge < -0.3 is 10.4 Å². The topological polar surface area (TPSA) is 104 Å². The lowest BCUT2D eigenvalue weighted by molar-refractivity contribution is -0.122.